The zero-order valence-electron chi connectivity index (χ0n) is 11.5. The second kappa shape index (κ2) is 11.4. The lowest BCUT2D eigenvalue weighted by Crippen LogP contribution is -2.41. The monoisotopic (exact) mass is 260 g/mol. The van der Waals surface area contributed by atoms with Crippen LogP contribution in [0.3, 0.4) is 0 Å². The molecule has 0 unspecified atom stereocenters. The molecule has 0 aromatic heterocycles. The van der Waals surface area contributed by atoms with Gasteiger partial charge in [-0.05, 0) is 46.3 Å². The molecule has 0 aromatic rings. The summed E-state index contributed by atoms with van der Waals surface area (Å²) in [7, 11) is 3.70. The lowest BCUT2D eigenvalue weighted by atomic mass is 10.1. The molecule has 0 spiro atoms. The van der Waals surface area contributed by atoms with Crippen LogP contribution in [-0.2, 0) is 4.79 Å². The molecule has 6 nitrogen and oxygen atoms in total. The lowest BCUT2D eigenvalue weighted by Gasteiger charge is -2.14. The second-order valence-electron chi connectivity index (χ2n) is 4.45. The molecule has 0 saturated heterocycles. The van der Waals surface area contributed by atoms with Crippen LogP contribution in [-0.4, -0.2) is 56.9 Å². The van der Waals surface area contributed by atoms with Crippen LogP contribution in [0.25, 0.3) is 0 Å². The van der Waals surface area contributed by atoms with Crippen molar-refractivity contribution in [3.63, 3.8) is 0 Å². The van der Waals surface area contributed by atoms with E-state index in [1.54, 1.807) is 0 Å². The van der Waals surface area contributed by atoms with Gasteiger partial charge in [0.15, 0.2) is 0 Å². The molecule has 6 heteroatoms. The third-order valence-corrected chi connectivity index (χ3v) is 2.94. The van der Waals surface area contributed by atoms with E-state index in [2.05, 4.69) is 16.0 Å². The summed E-state index contributed by atoms with van der Waals surface area (Å²) in [6, 6.07) is -0.317. The molecule has 18 heavy (non-hydrogen) atoms. The van der Waals surface area contributed by atoms with Gasteiger partial charge in [-0.25, -0.2) is 0 Å². The van der Waals surface area contributed by atoms with E-state index >= 15 is 0 Å². The molecule has 0 bridgehead atoms. The fraction of sp³-hybridized carbons (Fsp3) is 0.917. The van der Waals surface area contributed by atoms with Crippen molar-refractivity contribution in [1.29, 1.82) is 0 Å². The fourth-order valence-corrected chi connectivity index (χ4v) is 1.65. The summed E-state index contributed by atoms with van der Waals surface area (Å²) in [6.45, 7) is 1.60. The zero-order valence-corrected chi connectivity index (χ0v) is 11.5. The molecule has 1 amide bonds. The second-order valence-corrected chi connectivity index (χ2v) is 4.45. The van der Waals surface area contributed by atoms with Crippen molar-refractivity contribution in [3.05, 3.63) is 0 Å². The van der Waals surface area contributed by atoms with Crippen molar-refractivity contribution < 1.29 is 9.90 Å². The van der Waals surface area contributed by atoms with Crippen molar-refractivity contribution in [3.8, 4) is 0 Å². The van der Waals surface area contributed by atoms with E-state index in [4.69, 9.17) is 10.8 Å². The summed E-state index contributed by atoms with van der Waals surface area (Å²) >= 11 is 0. The molecule has 0 saturated carbocycles. The van der Waals surface area contributed by atoms with Gasteiger partial charge in [0, 0.05) is 12.6 Å². The van der Waals surface area contributed by atoms with Crippen molar-refractivity contribution >= 4 is 5.91 Å². The first-order valence-electron chi connectivity index (χ1n) is 6.61. The average Bonchev–Trinajstić information content (AvgIpc) is 2.38. The summed E-state index contributed by atoms with van der Waals surface area (Å²) < 4.78 is 0. The molecule has 0 aliphatic carbocycles. The number of likely N-dealkylation sites (N-methyl/N-ethyl adjacent to an activating group) is 1. The molecule has 0 aliphatic heterocycles. The number of aliphatic hydroxyl groups excluding tert-OH is 1. The summed E-state index contributed by atoms with van der Waals surface area (Å²) in [5, 5.41) is 17.8. The Kier molecular flexibility index (Phi) is 11.0. The third kappa shape index (κ3) is 8.41. The quantitative estimate of drug-likeness (QED) is 0.300. The van der Waals surface area contributed by atoms with Crippen molar-refractivity contribution in [2.75, 3.05) is 33.8 Å². The van der Waals surface area contributed by atoms with Gasteiger partial charge in [0.1, 0.15) is 0 Å². The van der Waals surface area contributed by atoms with Crippen LogP contribution in [0.2, 0.25) is 0 Å². The predicted octanol–water partition coefficient (Wildman–Crippen LogP) is -1.21. The van der Waals surface area contributed by atoms with Crippen LogP contribution >= 0.6 is 0 Å². The van der Waals surface area contributed by atoms with E-state index in [1.165, 1.54) is 0 Å². The summed E-state index contributed by atoms with van der Waals surface area (Å²) in [5.41, 5.74) is 5.76. The Bertz CT molecular complexity index is 210. The molecule has 0 rings (SSSR count). The van der Waals surface area contributed by atoms with E-state index in [9.17, 15) is 4.79 Å². The number of nitrogens with two attached hydrogens (primary N) is 1. The van der Waals surface area contributed by atoms with E-state index in [0.29, 0.717) is 13.0 Å². The maximum Gasteiger partial charge on any atom is 0.236 e. The molecule has 2 atom stereocenters. The smallest absolute Gasteiger partial charge is 0.236 e. The lowest BCUT2D eigenvalue weighted by molar-refractivity contribution is -0.122. The number of hydrogen-bond acceptors (Lipinski definition) is 5. The van der Waals surface area contributed by atoms with E-state index < -0.39 is 6.04 Å². The zero-order chi connectivity index (χ0) is 13.8. The highest BCUT2D eigenvalue weighted by molar-refractivity contribution is 5.81. The Morgan fingerprint density at radius 3 is 2.44 bits per heavy atom. The van der Waals surface area contributed by atoms with E-state index in [-0.39, 0.29) is 18.6 Å². The molecule has 6 N–H and O–H groups in total. The van der Waals surface area contributed by atoms with Crippen LogP contribution in [0, 0.1) is 0 Å². The van der Waals surface area contributed by atoms with Gasteiger partial charge < -0.3 is 26.8 Å². The number of aliphatic hydroxyl groups is 1. The Balaban J connectivity index is 3.57. The highest BCUT2D eigenvalue weighted by Crippen LogP contribution is 1.96. The predicted molar refractivity (Wildman–Crippen MR) is 73.3 cm³/mol. The van der Waals surface area contributed by atoms with E-state index in [1.807, 2.05) is 14.1 Å². The number of amides is 1. The Morgan fingerprint density at radius 2 is 1.89 bits per heavy atom. The Labute approximate surface area is 110 Å². The van der Waals surface area contributed by atoms with Gasteiger partial charge in [0.2, 0.25) is 5.91 Å². The van der Waals surface area contributed by atoms with Crippen molar-refractivity contribution in [1.82, 2.24) is 16.0 Å². The number of nitrogens with one attached hydrogen (secondary N) is 3. The van der Waals surface area contributed by atoms with Crippen LogP contribution in [0.5, 0.6) is 0 Å². The molecule has 0 radical (unpaired) electrons. The standard InChI is InChI=1S/C12H28N4O2/c1-14-7-4-6-11(13)12(18)16-8-3-5-10(9-17)15-2/h10-11,14-15,17H,3-9,13H2,1-2H3,(H,16,18)/t10-,11-/m0/s1. The van der Waals surface area contributed by atoms with Crippen LogP contribution in [0.1, 0.15) is 25.7 Å². The SMILES string of the molecule is CNCCC[C@H](N)C(=O)NCCC[C@@H](CO)NC. The highest BCUT2D eigenvalue weighted by atomic mass is 16.3. The maximum absolute atomic E-state index is 11.6. The van der Waals surface area contributed by atoms with Crippen LogP contribution < -0.4 is 21.7 Å². The Hall–Kier alpha value is -0.690. The Morgan fingerprint density at radius 1 is 1.22 bits per heavy atom. The number of rotatable bonds is 11. The molecular weight excluding hydrogens is 232 g/mol. The molecular formula is C12H28N4O2. The maximum atomic E-state index is 11.6. The van der Waals surface area contributed by atoms with E-state index in [0.717, 1.165) is 25.8 Å². The van der Waals surface area contributed by atoms with Gasteiger partial charge in [-0.1, -0.05) is 0 Å². The van der Waals surface area contributed by atoms with Gasteiger partial charge in [0.05, 0.1) is 12.6 Å². The number of carbonyl (C=O) groups excluding carboxylic acids is 1. The average molecular weight is 260 g/mol. The number of carbonyl (C=O) groups is 1. The normalized spacial score (nSPS) is 14.2. The summed E-state index contributed by atoms with van der Waals surface area (Å²) in [4.78, 5) is 11.6. The van der Waals surface area contributed by atoms with Crippen molar-refractivity contribution in [2.45, 2.75) is 37.8 Å². The van der Waals surface area contributed by atoms with Gasteiger partial charge in [-0.3, -0.25) is 4.79 Å². The molecule has 0 aliphatic rings. The van der Waals surface area contributed by atoms with Crippen molar-refractivity contribution in [2.24, 2.45) is 5.73 Å². The summed E-state index contributed by atoms with van der Waals surface area (Å²) in [6.07, 6.45) is 3.27. The van der Waals surface area contributed by atoms with Gasteiger partial charge in [-0.15, -0.1) is 0 Å². The first-order valence-corrected chi connectivity index (χ1v) is 6.61. The van der Waals surface area contributed by atoms with Gasteiger partial charge >= 0.3 is 0 Å². The van der Waals surface area contributed by atoms with Gasteiger partial charge in [0.25, 0.3) is 0 Å². The third-order valence-electron chi connectivity index (χ3n) is 2.94. The minimum absolute atomic E-state index is 0.0869. The van der Waals surface area contributed by atoms with Gasteiger partial charge in [-0.2, -0.15) is 0 Å². The molecule has 0 aromatic carbocycles. The minimum Gasteiger partial charge on any atom is -0.395 e. The molecule has 0 heterocycles. The minimum atomic E-state index is -0.420. The first-order chi connectivity index (χ1) is 8.65. The molecule has 0 fully saturated rings. The number of hydrogen-bond donors (Lipinski definition) is 5. The van der Waals surface area contributed by atoms with Crippen LogP contribution in [0.15, 0.2) is 0 Å². The fourth-order valence-electron chi connectivity index (χ4n) is 1.65. The van der Waals surface area contributed by atoms with Crippen LogP contribution in [0.4, 0.5) is 0 Å². The largest absolute Gasteiger partial charge is 0.395 e. The topological polar surface area (TPSA) is 99.4 Å². The highest BCUT2D eigenvalue weighted by Gasteiger charge is 2.12. The molecule has 108 valence electrons. The summed E-state index contributed by atoms with van der Waals surface area (Å²) in [5.74, 6) is -0.0869. The first kappa shape index (κ1) is 17.3.